The first kappa shape index (κ1) is 22.5. The van der Waals surface area contributed by atoms with Crippen LogP contribution in [0.15, 0.2) is 0 Å². The van der Waals surface area contributed by atoms with Gasteiger partial charge in [0.25, 0.3) is 0 Å². The topological polar surface area (TPSA) is 55.3 Å². The zero-order valence-corrected chi connectivity index (χ0v) is 11.3. The summed E-state index contributed by atoms with van der Waals surface area (Å²) < 4.78 is 0. The zero-order chi connectivity index (χ0) is 6.83. The third-order valence-corrected chi connectivity index (χ3v) is 0.707. The molecule has 0 amide bonds. The predicted octanol–water partition coefficient (Wildman–Crippen LogP) is -6.72. The smallest absolute Gasteiger partial charge is 0.0737 e. The highest BCUT2D eigenvalue weighted by molar-refractivity contribution is 4.08. The molecule has 0 bridgehead atoms. The maximum atomic E-state index is 3.60. The molecule has 0 aromatic heterocycles. The quantitative estimate of drug-likeness (QED) is 0.452. The van der Waals surface area contributed by atoms with Gasteiger partial charge in [-0.25, -0.2) is 0 Å². The molecule has 0 aliphatic carbocycles. The van der Waals surface area contributed by atoms with E-state index >= 15 is 0 Å². The molecule has 4 heteroatoms. The van der Waals surface area contributed by atoms with Gasteiger partial charge in [-0.15, -0.1) is 0 Å². The van der Waals surface area contributed by atoms with Gasteiger partial charge in [0, 0.05) is 0 Å². The molecule has 0 fully saturated rings. The summed E-state index contributed by atoms with van der Waals surface area (Å²) >= 11 is 0. The summed E-state index contributed by atoms with van der Waals surface area (Å²) in [5.74, 6) is 0. The monoisotopic (exact) mass is 374 g/mol. The summed E-state index contributed by atoms with van der Waals surface area (Å²) in [5.41, 5.74) is 7.21. The minimum absolute atomic E-state index is 0. The molecule has 0 aliphatic rings. The number of hydrogen-bond donors (Lipinski definition) is 2. The van der Waals surface area contributed by atoms with Gasteiger partial charge >= 0.3 is 0 Å². The van der Waals surface area contributed by atoms with E-state index in [4.69, 9.17) is 0 Å². The van der Waals surface area contributed by atoms with Crippen molar-refractivity contribution in [1.82, 2.24) is 0 Å². The molecule has 0 spiro atoms. The normalized spacial score (nSPS) is 6.00. The molecule has 6 N–H and O–H groups in total. The highest BCUT2D eigenvalue weighted by Crippen LogP contribution is 1.55. The number of rotatable bonds is 2. The van der Waals surface area contributed by atoms with Gasteiger partial charge in [0.05, 0.1) is 13.1 Å². The minimum Gasteiger partial charge on any atom is -1.00 e. The van der Waals surface area contributed by atoms with Gasteiger partial charge in [-0.1, -0.05) is 13.8 Å². The molecule has 0 heterocycles. The lowest BCUT2D eigenvalue weighted by Crippen LogP contribution is -3.00. The largest absolute Gasteiger partial charge is 1.00 e. The lowest BCUT2D eigenvalue weighted by atomic mass is 10.5. The Morgan fingerprint density at radius 3 is 0.900 bits per heavy atom. The van der Waals surface area contributed by atoms with Crippen LogP contribution in [0.2, 0.25) is 0 Å². The molecule has 0 saturated carbocycles. The molecule has 0 aromatic rings. The van der Waals surface area contributed by atoms with Crippen molar-refractivity contribution in [3.8, 4) is 0 Å². The average Bonchev–Trinajstić information content (AvgIpc) is 1.88. The van der Waals surface area contributed by atoms with E-state index in [1.165, 1.54) is 12.8 Å². The predicted molar refractivity (Wildman–Crippen MR) is 36.1 cm³/mol. The van der Waals surface area contributed by atoms with E-state index in [9.17, 15) is 0 Å². The van der Waals surface area contributed by atoms with Crippen molar-refractivity contribution in [3.05, 3.63) is 0 Å². The van der Waals surface area contributed by atoms with Gasteiger partial charge in [0.15, 0.2) is 0 Å². The summed E-state index contributed by atoms with van der Waals surface area (Å²) in [5, 5.41) is 0. The Hall–Kier alpha value is 1.38. The standard InChI is InChI=1S/2C3H9N.2HI/c2*1-2-3-4;;/h2*2-4H2,1H3;2*1H. The lowest BCUT2D eigenvalue weighted by Gasteiger charge is -1.66. The van der Waals surface area contributed by atoms with Crippen molar-refractivity contribution in [3.63, 3.8) is 0 Å². The lowest BCUT2D eigenvalue weighted by molar-refractivity contribution is -0.367. The second kappa shape index (κ2) is 31.6. The van der Waals surface area contributed by atoms with Crippen LogP contribution in [0, 0.1) is 0 Å². The van der Waals surface area contributed by atoms with Gasteiger partial charge < -0.3 is 59.4 Å². The second-order valence-corrected chi connectivity index (χ2v) is 1.71. The molecule has 0 atom stereocenters. The highest BCUT2D eigenvalue weighted by Gasteiger charge is 1.60. The fourth-order valence-corrected chi connectivity index (χ4v) is 0. The molecule has 0 aromatic carbocycles. The number of halogens is 2. The molecule has 68 valence electrons. The van der Waals surface area contributed by atoms with E-state index < -0.39 is 0 Å². The van der Waals surface area contributed by atoms with Crippen LogP contribution in [0.25, 0.3) is 0 Å². The molecular weight excluding hydrogens is 354 g/mol. The molecule has 2 nitrogen and oxygen atoms in total. The van der Waals surface area contributed by atoms with Gasteiger partial charge in [-0.05, 0) is 12.8 Å². The molecular formula is C6H20I2N2. The summed E-state index contributed by atoms with van der Waals surface area (Å²) in [7, 11) is 0. The van der Waals surface area contributed by atoms with Crippen molar-refractivity contribution in [1.29, 1.82) is 0 Å². The first-order chi connectivity index (χ1) is 3.83. The minimum atomic E-state index is 0. The van der Waals surface area contributed by atoms with Crippen LogP contribution < -0.4 is 59.4 Å². The Kier molecular flexibility index (Phi) is 71.0. The summed E-state index contributed by atoms with van der Waals surface area (Å²) in [6, 6.07) is 0. The Morgan fingerprint density at radius 1 is 0.800 bits per heavy atom. The van der Waals surface area contributed by atoms with E-state index in [1.54, 1.807) is 0 Å². The Morgan fingerprint density at radius 2 is 0.900 bits per heavy atom. The number of quaternary nitrogens is 2. The third-order valence-electron chi connectivity index (χ3n) is 0.707. The van der Waals surface area contributed by atoms with Gasteiger partial charge in [0.1, 0.15) is 0 Å². The third kappa shape index (κ3) is 57.7. The summed E-state index contributed by atoms with van der Waals surface area (Å²) in [4.78, 5) is 0. The Balaban J connectivity index is -0.0000000300. The first-order valence-electron chi connectivity index (χ1n) is 3.41. The van der Waals surface area contributed by atoms with Gasteiger partial charge in [0.2, 0.25) is 0 Å². The van der Waals surface area contributed by atoms with E-state index in [0.717, 1.165) is 13.1 Å². The van der Waals surface area contributed by atoms with Crippen molar-refractivity contribution < 1.29 is 59.4 Å². The van der Waals surface area contributed by atoms with E-state index in [0.29, 0.717) is 0 Å². The van der Waals surface area contributed by atoms with Crippen LogP contribution in [-0.4, -0.2) is 13.1 Å². The Bertz CT molecular complexity index is 21.7. The van der Waals surface area contributed by atoms with Crippen molar-refractivity contribution in [2.45, 2.75) is 26.7 Å². The SMILES string of the molecule is CCC[NH3+].CCC[NH3+].[I-].[I-]. The van der Waals surface area contributed by atoms with Crippen LogP contribution in [0.1, 0.15) is 26.7 Å². The van der Waals surface area contributed by atoms with E-state index in [-0.39, 0.29) is 48.0 Å². The molecule has 0 aliphatic heterocycles. The highest BCUT2D eigenvalue weighted by atomic mass is 127. The van der Waals surface area contributed by atoms with E-state index in [1.807, 2.05) is 0 Å². The molecule has 0 radical (unpaired) electrons. The van der Waals surface area contributed by atoms with Crippen molar-refractivity contribution >= 4 is 0 Å². The Labute approximate surface area is 98.5 Å². The molecule has 0 saturated heterocycles. The number of hydrogen-bond acceptors (Lipinski definition) is 0. The van der Waals surface area contributed by atoms with Crippen LogP contribution in [-0.2, 0) is 0 Å². The van der Waals surface area contributed by atoms with Gasteiger partial charge in [-0.3, -0.25) is 0 Å². The summed E-state index contributed by atoms with van der Waals surface area (Å²) in [6.07, 6.45) is 2.42. The average molecular weight is 374 g/mol. The fraction of sp³-hybridized carbons (Fsp3) is 1.00. The molecule has 0 rings (SSSR count). The summed E-state index contributed by atoms with van der Waals surface area (Å²) in [6.45, 7) is 6.38. The molecule has 10 heavy (non-hydrogen) atoms. The molecule has 0 unspecified atom stereocenters. The van der Waals surface area contributed by atoms with Crippen LogP contribution in [0.3, 0.4) is 0 Å². The van der Waals surface area contributed by atoms with Crippen LogP contribution in [0.4, 0.5) is 0 Å². The van der Waals surface area contributed by atoms with Gasteiger partial charge in [-0.2, -0.15) is 0 Å². The van der Waals surface area contributed by atoms with Crippen molar-refractivity contribution in [2.75, 3.05) is 13.1 Å². The van der Waals surface area contributed by atoms with Crippen LogP contribution in [0.5, 0.6) is 0 Å². The van der Waals surface area contributed by atoms with E-state index in [2.05, 4.69) is 25.3 Å². The maximum absolute atomic E-state index is 3.60. The first-order valence-corrected chi connectivity index (χ1v) is 3.41. The zero-order valence-electron chi connectivity index (χ0n) is 7.00. The maximum Gasteiger partial charge on any atom is 0.0737 e. The fourth-order valence-electron chi connectivity index (χ4n) is 0. The van der Waals surface area contributed by atoms with Crippen molar-refractivity contribution in [2.24, 2.45) is 0 Å². The second-order valence-electron chi connectivity index (χ2n) is 1.71. The van der Waals surface area contributed by atoms with Crippen LogP contribution >= 0.6 is 0 Å².